The Morgan fingerprint density at radius 3 is 2.71 bits per heavy atom. The summed E-state index contributed by atoms with van der Waals surface area (Å²) in [6.45, 7) is 6.07. The zero-order valence-corrected chi connectivity index (χ0v) is 13.4. The molecule has 0 aromatic heterocycles. The maximum Gasteiger partial charge on any atom is 0.225 e. The van der Waals surface area contributed by atoms with E-state index in [0.29, 0.717) is 17.6 Å². The second kappa shape index (κ2) is 7.14. The van der Waals surface area contributed by atoms with Crippen LogP contribution in [0.5, 0.6) is 5.75 Å². The van der Waals surface area contributed by atoms with Crippen LogP contribution in [-0.2, 0) is 11.3 Å². The summed E-state index contributed by atoms with van der Waals surface area (Å²) < 4.78 is 0. The zero-order chi connectivity index (χ0) is 15.4. The molecule has 0 radical (unpaired) electrons. The molecule has 1 aromatic rings. The molecule has 1 aromatic carbocycles. The number of hydrogen-bond acceptors (Lipinski definition) is 3. The molecule has 5 heteroatoms. The van der Waals surface area contributed by atoms with E-state index in [4.69, 9.17) is 11.6 Å². The Balaban J connectivity index is 1.81. The number of benzene rings is 1. The van der Waals surface area contributed by atoms with Crippen LogP contribution in [0.2, 0.25) is 5.02 Å². The van der Waals surface area contributed by atoms with Crippen LogP contribution >= 0.6 is 11.6 Å². The summed E-state index contributed by atoms with van der Waals surface area (Å²) in [4.78, 5) is 13.9. The highest BCUT2D eigenvalue weighted by Gasteiger charge is 2.23. The quantitative estimate of drug-likeness (QED) is 0.899. The number of nitrogens with zero attached hydrogens (tertiary/aromatic N) is 1. The van der Waals surface area contributed by atoms with E-state index in [-0.39, 0.29) is 17.6 Å². The highest BCUT2D eigenvalue weighted by Crippen LogP contribution is 2.22. The lowest BCUT2D eigenvalue weighted by Gasteiger charge is -2.33. The van der Waals surface area contributed by atoms with Crippen LogP contribution in [0.15, 0.2) is 18.2 Å². The second-order valence-corrected chi connectivity index (χ2v) is 6.34. The lowest BCUT2D eigenvalue weighted by atomic mass is 10.0. The number of likely N-dealkylation sites (tertiary alicyclic amines) is 1. The molecule has 1 amide bonds. The van der Waals surface area contributed by atoms with Crippen LogP contribution in [0.1, 0.15) is 32.3 Å². The number of carbonyl (C=O) groups excluding carboxylic acids is 1. The van der Waals surface area contributed by atoms with Crippen molar-refractivity contribution >= 4 is 17.5 Å². The number of halogens is 1. The molecule has 1 heterocycles. The predicted molar refractivity (Wildman–Crippen MR) is 84.4 cm³/mol. The van der Waals surface area contributed by atoms with Gasteiger partial charge in [0.05, 0.1) is 0 Å². The predicted octanol–water partition coefficient (Wildman–Crippen LogP) is 2.78. The summed E-state index contributed by atoms with van der Waals surface area (Å²) in [7, 11) is 0. The van der Waals surface area contributed by atoms with Gasteiger partial charge in [0.15, 0.2) is 0 Å². The Morgan fingerprint density at radius 2 is 2.10 bits per heavy atom. The molecule has 1 fully saturated rings. The monoisotopic (exact) mass is 310 g/mol. The van der Waals surface area contributed by atoms with Gasteiger partial charge in [-0.2, -0.15) is 0 Å². The average molecular weight is 311 g/mol. The largest absolute Gasteiger partial charge is 0.508 e. The van der Waals surface area contributed by atoms with Gasteiger partial charge in [0.1, 0.15) is 5.75 Å². The van der Waals surface area contributed by atoms with Crippen molar-refractivity contribution in [3.05, 3.63) is 28.8 Å². The molecule has 21 heavy (non-hydrogen) atoms. The zero-order valence-electron chi connectivity index (χ0n) is 12.6. The number of piperidine rings is 1. The van der Waals surface area contributed by atoms with Crippen molar-refractivity contribution in [2.45, 2.75) is 39.3 Å². The van der Waals surface area contributed by atoms with Gasteiger partial charge in [-0.05, 0) is 31.0 Å². The molecular weight excluding hydrogens is 288 g/mol. The van der Waals surface area contributed by atoms with Gasteiger partial charge in [-0.25, -0.2) is 0 Å². The van der Waals surface area contributed by atoms with Crippen molar-refractivity contribution in [3.8, 4) is 5.75 Å². The smallest absolute Gasteiger partial charge is 0.225 e. The minimum absolute atomic E-state index is 0.0675. The first kappa shape index (κ1) is 16.1. The fourth-order valence-corrected chi connectivity index (χ4v) is 2.81. The van der Waals surface area contributed by atoms with Gasteiger partial charge >= 0.3 is 0 Å². The normalized spacial score (nSPS) is 16.5. The van der Waals surface area contributed by atoms with Crippen molar-refractivity contribution in [3.63, 3.8) is 0 Å². The van der Waals surface area contributed by atoms with Gasteiger partial charge in [-0.3, -0.25) is 4.79 Å². The van der Waals surface area contributed by atoms with Gasteiger partial charge in [0.2, 0.25) is 5.91 Å². The number of rotatable bonds is 4. The number of carbonyl (C=O) groups is 1. The lowest BCUT2D eigenvalue weighted by molar-refractivity contribution is -0.135. The number of phenolic OH excluding ortho intramolecular Hbond substituents is 1. The Hall–Kier alpha value is -1.26. The third-order valence-electron chi connectivity index (χ3n) is 3.92. The molecule has 0 saturated carbocycles. The molecule has 116 valence electrons. The maximum atomic E-state index is 11.9. The minimum atomic E-state index is 0.0675. The van der Waals surface area contributed by atoms with Crippen molar-refractivity contribution in [1.29, 1.82) is 0 Å². The molecule has 4 nitrogen and oxygen atoms in total. The van der Waals surface area contributed by atoms with Crippen LogP contribution < -0.4 is 5.32 Å². The van der Waals surface area contributed by atoms with Crippen LogP contribution in [0.25, 0.3) is 0 Å². The lowest BCUT2D eigenvalue weighted by Crippen LogP contribution is -2.45. The van der Waals surface area contributed by atoms with E-state index in [1.807, 2.05) is 18.7 Å². The Bertz CT molecular complexity index is 497. The molecule has 0 spiro atoms. The Morgan fingerprint density at radius 1 is 1.43 bits per heavy atom. The average Bonchev–Trinajstić information content (AvgIpc) is 2.48. The van der Waals surface area contributed by atoms with E-state index in [9.17, 15) is 9.90 Å². The summed E-state index contributed by atoms with van der Waals surface area (Å²) in [6.07, 6.45) is 1.89. The standard InChI is InChI=1S/C16H23ClN2O2/c1-11(2)16(21)19-7-5-14(6-8-19)18-10-12-9-13(17)3-4-15(12)20/h3-4,9,11,14,18,20H,5-8,10H2,1-2H3. The first-order valence-electron chi connectivity index (χ1n) is 7.47. The topological polar surface area (TPSA) is 52.6 Å². The van der Waals surface area contributed by atoms with Gasteiger partial charge in [0, 0.05) is 42.2 Å². The van der Waals surface area contributed by atoms with Crippen molar-refractivity contribution in [2.75, 3.05) is 13.1 Å². The fraction of sp³-hybridized carbons (Fsp3) is 0.562. The number of hydrogen-bond donors (Lipinski definition) is 2. The van der Waals surface area contributed by atoms with Crippen LogP contribution in [0.3, 0.4) is 0 Å². The van der Waals surface area contributed by atoms with E-state index in [1.165, 1.54) is 0 Å². The van der Waals surface area contributed by atoms with Crippen LogP contribution in [0, 0.1) is 5.92 Å². The third-order valence-corrected chi connectivity index (χ3v) is 4.16. The van der Waals surface area contributed by atoms with E-state index in [1.54, 1.807) is 18.2 Å². The fourth-order valence-electron chi connectivity index (χ4n) is 2.62. The van der Waals surface area contributed by atoms with Crippen molar-refractivity contribution in [1.82, 2.24) is 10.2 Å². The van der Waals surface area contributed by atoms with Crippen molar-refractivity contribution < 1.29 is 9.90 Å². The summed E-state index contributed by atoms with van der Waals surface area (Å²) in [5.41, 5.74) is 0.809. The highest BCUT2D eigenvalue weighted by molar-refractivity contribution is 6.30. The molecular formula is C16H23ClN2O2. The van der Waals surface area contributed by atoms with Gasteiger partial charge in [-0.1, -0.05) is 25.4 Å². The number of aromatic hydroxyl groups is 1. The van der Waals surface area contributed by atoms with Gasteiger partial charge in [0.25, 0.3) is 0 Å². The van der Waals surface area contributed by atoms with Crippen LogP contribution in [-0.4, -0.2) is 35.0 Å². The molecule has 2 rings (SSSR count). The van der Waals surface area contributed by atoms with E-state index >= 15 is 0 Å². The molecule has 1 aliphatic heterocycles. The number of nitrogens with one attached hydrogen (secondary N) is 1. The van der Waals surface area contributed by atoms with E-state index < -0.39 is 0 Å². The van der Waals surface area contributed by atoms with Gasteiger partial charge < -0.3 is 15.3 Å². The Kier molecular flexibility index (Phi) is 5.48. The van der Waals surface area contributed by atoms with Gasteiger partial charge in [-0.15, -0.1) is 0 Å². The molecule has 0 aliphatic carbocycles. The molecule has 2 N–H and O–H groups in total. The van der Waals surface area contributed by atoms with E-state index in [2.05, 4.69) is 5.32 Å². The summed E-state index contributed by atoms with van der Waals surface area (Å²) >= 11 is 5.94. The molecule has 1 aliphatic rings. The molecule has 0 unspecified atom stereocenters. The number of phenols is 1. The summed E-state index contributed by atoms with van der Waals surface area (Å²) in [5, 5.41) is 13.9. The van der Waals surface area contributed by atoms with Crippen LogP contribution in [0.4, 0.5) is 0 Å². The molecule has 1 saturated heterocycles. The second-order valence-electron chi connectivity index (χ2n) is 5.91. The Labute approximate surface area is 131 Å². The highest BCUT2D eigenvalue weighted by atomic mass is 35.5. The minimum Gasteiger partial charge on any atom is -0.508 e. The molecule has 0 atom stereocenters. The van der Waals surface area contributed by atoms with E-state index in [0.717, 1.165) is 31.5 Å². The van der Waals surface area contributed by atoms with Crippen molar-refractivity contribution in [2.24, 2.45) is 5.92 Å². The SMILES string of the molecule is CC(C)C(=O)N1CCC(NCc2cc(Cl)ccc2O)CC1. The first-order chi connectivity index (χ1) is 9.97. The summed E-state index contributed by atoms with van der Waals surface area (Å²) in [6, 6.07) is 5.45. The summed E-state index contributed by atoms with van der Waals surface area (Å²) in [5.74, 6) is 0.568. The maximum absolute atomic E-state index is 11.9. The number of amides is 1. The molecule has 0 bridgehead atoms. The first-order valence-corrected chi connectivity index (χ1v) is 7.84. The third kappa shape index (κ3) is 4.35.